The zero-order valence-corrected chi connectivity index (χ0v) is 14.5. The first-order chi connectivity index (χ1) is 11.6. The van der Waals surface area contributed by atoms with Crippen LogP contribution in [-0.2, 0) is 11.3 Å². The molecule has 1 N–H and O–H groups in total. The Labute approximate surface area is 144 Å². The molecule has 6 nitrogen and oxygen atoms in total. The molecule has 0 unspecified atom stereocenters. The van der Waals surface area contributed by atoms with Gasteiger partial charge >= 0.3 is 0 Å². The highest BCUT2D eigenvalue weighted by atomic mass is 32.2. The van der Waals surface area contributed by atoms with Crippen LogP contribution in [0.25, 0.3) is 0 Å². The van der Waals surface area contributed by atoms with E-state index in [0.717, 1.165) is 11.4 Å². The summed E-state index contributed by atoms with van der Waals surface area (Å²) in [6.07, 6.45) is 3.83. The lowest BCUT2D eigenvalue weighted by Crippen LogP contribution is -2.24. The van der Waals surface area contributed by atoms with Gasteiger partial charge in [0.05, 0.1) is 5.75 Å². The van der Waals surface area contributed by atoms with Crippen molar-refractivity contribution in [2.75, 3.05) is 5.75 Å². The highest BCUT2D eigenvalue weighted by molar-refractivity contribution is 7.99. The molecule has 0 saturated carbocycles. The minimum atomic E-state index is -0.0275. The van der Waals surface area contributed by atoms with Crippen LogP contribution in [0.4, 0.5) is 0 Å². The summed E-state index contributed by atoms with van der Waals surface area (Å²) >= 11 is 1.37. The van der Waals surface area contributed by atoms with Gasteiger partial charge in [0.15, 0.2) is 5.82 Å². The smallest absolute Gasteiger partial charge is 0.230 e. The molecule has 0 saturated heterocycles. The van der Waals surface area contributed by atoms with Crippen molar-refractivity contribution in [3.05, 3.63) is 65.7 Å². The second kappa shape index (κ2) is 7.35. The summed E-state index contributed by atoms with van der Waals surface area (Å²) in [5, 5.41) is 11.9. The fourth-order valence-electron chi connectivity index (χ4n) is 2.24. The summed E-state index contributed by atoms with van der Waals surface area (Å²) in [5.74, 6) is 1.04. The molecule has 3 rings (SSSR count). The number of nitrogens with one attached hydrogen (secondary N) is 1. The predicted octanol–water partition coefficient (Wildman–Crippen LogP) is 2.42. The number of hydrogen-bond acceptors (Lipinski definition) is 4. The molecule has 0 radical (unpaired) electrons. The first-order valence-corrected chi connectivity index (χ1v) is 8.63. The van der Waals surface area contributed by atoms with Crippen molar-refractivity contribution in [2.24, 2.45) is 0 Å². The third kappa shape index (κ3) is 3.86. The Morgan fingerprint density at radius 1 is 1.12 bits per heavy atom. The monoisotopic (exact) mass is 341 g/mol. The van der Waals surface area contributed by atoms with E-state index in [1.807, 2.05) is 72.0 Å². The third-order valence-corrected chi connectivity index (χ3v) is 4.45. The zero-order chi connectivity index (χ0) is 16.9. The summed E-state index contributed by atoms with van der Waals surface area (Å²) in [6.45, 7) is 4.46. The maximum Gasteiger partial charge on any atom is 0.230 e. The number of thioether (sulfide) groups is 1. The Morgan fingerprint density at radius 2 is 1.83 bits per heavy atom. The van der Waals surface area contributed by atoms with Crippen molar-refractivity contribution >= 4 is 17.7 Å². The SMILES string of the molecule is Cc1ccc(CNC(=O)CSc2nnc(C)n2-n2cccc2)cc1. The van der Waals surface area contributed by atoms with E-state index in [0.29, 0.717) is 17.5 Å². The predicted molar refractivity (Wildman–Crippen MR) is 93.7 cm³/mol. The molecule has 2 heterocycles. The van der Waals surface area contributed by atoms with E-state index in [1.54, 1.807) is 0 Å². The van der Waals surface area contributed by atoms with E-state index in [2.05, 4.69) is 15.5 Å². The Balaban J connectivity index is 1.56. The fraction of sp³-hybridized carbons (Fsp3) is 0.235. The lowest BCUT2D eigenvalue weighted by Gasteiger charge is -2.09. The van der Waals surface area contributed by atoms with E-state index in [9.17, 15) is 4.79 Å². The average Bonchev–Trinajstić information content (AvgIpc) is 3.21. The van der Waals surface area contributed by atoms with Gasteiger partial charge in [0, 0.05) is 18.9 Å². The fourth-order valence-corrected chi connectivity index (χ4v) is 3.05. The third-order valence-electron chi connectivity index (χ3n) is 3.53. The van der Waals surface area contributed by atoms with Crippen LogP contribution in [0.15, 0.2) is 53.9 Å². The number of aromatic nitrogens is 4. The van der Waals surface area contributed by atoms with Crippen molar-refractivity contribution in [1.29, 1.82) is 0 Å². The van der Waals surface area contributed by atoms with Crippen molar-refractivity contribution in [3.8, 4) is 0 Å². The molecule has 0 aliphatic heterocycles. The maximum absolute atomic E-state index is 12.1. The minimum Gasteiger partial charge on any atom is -0.351 e. The van der Waals surface area contributed by atoms with E-state index in [-0.39, 0.29) is 5.91 Å². The van der Waals surface area contributed by atoms with Crippen LogP contribution in [0.2, 0.25) is 0 Å². The van der Waals surface area contributed by atoms with Crippen molar-refractivity contribution in [2.45, 2.75) is 25.5 Å². The topological polar surface area (TPSA) is 64.7 Å². The van der Waals surface area contributed by atoms with Crippen molar-refractivity contribution in [3.63, 3.8) is 0 Å². The van der Waals surface area contributed by atoms with Gasteiger partial charge in [0.1, 0.15) is 0 Å². The average molecular weight is 341 g/mol. The molecule has 0 spiro atoms. The second-order valence-electron chi connectivity index (χ2n) is 5.46. The van der Waals surface area contributed by atoms with Gasteiger partial charge in [-0.2, -0.15) is 0 Å². The lowest BCUT2D eigenvalue weighted by atomic mass is 10.1. The minimum absolute atomic E-state index is 0.0275. The molecule has 2 aromatic heterocycles. The summed E-state index contributed by atoms with van der Waals surface area (Å²) in [5.41, 5.74) is 2.30. The summed E-state index contributed by atoms with van der Waals surface area (Å²) < 4.78 is 3.76. The molecule has 0 aliphatic carbocycles. The molecule has 0 atom stereocenters. The molecular formula is C17H19N5OS. The highest BCUT2D eigenvalue weighted by Crippen LogP contribution is 2.17. The van der Waals surface area contributed by atoms with Gasteiger partial charge in [-0.1, -0.05) is 41.6 Å². The maximum atomic E-state index is 12.1. The molecule has 24 heavy (non-hydrogen) atoms. The van der Waals surface area contributed by atoms with Crippen LogP contribution in [0.3, 0.4) is 0 Å². The Morgan fingerprint density at radius 3 is 2.54 bits per heavy atom. The molecule has 0 fully saturated rings. The molecule has 0 aliphatic rings. The number of nitrogens with zero attached hydrogens (tertiary/aromatic N) is 4. The van der Waals surface area contributed by atoms with Crippen LogP contribution < -0.4 is 5.32 Å². The van der Waals surface area contributed by atoms with Crippen LogP contribution >= 0.6 is 11.8 Å². The van der Waals surface area contributed by atoms with Gasteiger partial charge in [-0.3, -0.25) is 9.47 Å². The van der Waals surface area contributed by atoms with E-state index in [1.165, 1.54) is 17.3 Å². The second-order valence-corrected chi connectivity index (χ2v) is 6.40. The Bertz CT molecular complexity index is 808. The van der Waals surface area contributed by atoms with E-state index < -0.39 is 0 Å². The number of rotatable bonds is 6. The zero-order valence-electron chi connectivity index (χ0n) is 13.6. The van der Waals surface area contributed by atoms with Crippen LogP contribution in [-0.4, -0.2) is 31.2 Å². The number of benzene rings is 1. The molecule has 3 aromatic rings. The number of carbonyl (C=O) groups excluding carboxylic acids is 1. The van der Waals surface area contributed by atoms with Crippen molar-refractivity contribution < 1.29 is 4.79 Å². The molecule has 7 heteroatoms. The molecular weight excluding hydrogens is 322 g/mol. The lowest BCUT2D eigenvalue weighted by molar-refractivity contribution is -0.118. The number of hydrogen-bond donors (Lipinski definition) is 1. The van der Waals surface area contributed by atoms with Crippen LogP contribution in [0.5, 0.6) is 0 Å². The van der Waals surface area contributed by atoms with Gasteiger partial charge < -0.3 is 5.32 Å². The van der Waals surface area contributed by atoms with Gasteiger partial charge in [-0.25, -0.2) is 4.68 Å². The normalized spacial score (nSPS) is 10.8. The number of carbonyl (C=O) groups is 1. The standard InChI is InChI=1S/C17H19N5OS/c1-13-5-7-15(8-6-13)11-18-16(23)12-24-17-20-19-14(2)22(17)21-9-3-4-10-21/h3-10H,11-12H2,1-2H3,(H,18,23). The van der Waals surface area contributed by atoms with Crippen molar-refractivity contribution in [1.82, 2.24) is 24.9 Å². The van der Waals surface area contributed by atoms with Gasteiger partial charge in [-0.05, 0) is 31.5 Å². The van der Waals surface area contributed by atoms with Gasteiger partial charge in [0.25, 0.3) is 0 Å². The molecule has 1 amide bonds. The Kier molecular flexibility index (Phi) is 5.00. The molecule has 0 bridgehead atoms. The quantitative estimate of drug-likeness (QED) is 0.699. The first-order valence-electron chi connectivity index (χ1n) is 7.64. The van der Waals surface area contributed by atoms with E-state index in [4.69, 9.17) is 0 Å². The summed E-state index contributed by atoms with van der Waals surface area (Å²) in [4.78, 5) is 12.1. The van der Waals surface area contributed by atoms with Gasteiger partial charge in [0.2, 0.25) is 11.1 Å². The number of amides is 1. The first kappa shape index (κ1) is 16.3. The largest absolute Gasteiger partial charge is 0.351 e. The number of aryl methyl sites for hydroxylation is 2. The molecule has 1 aromatic carbocycles. The molecule has 124 valence electrons. The van der Waals surface area contributed by atoms with Crippen LogP contribution in [0, 0.1) is 13.8 Å². The summed E-state index contributed by atoms with van der Waals surface area (Å²) in [6, 6.07) is 12.0. The van der Waals surface area contributed by atoms with E-state index >= 15 is 0 Å². The summed E-state index contributed by atoms with van der Waals surface area (Å²) in [7, 11) is 0. The Hall–Kier alpha value is -2.54. The highest BCUT2D eigenvalue weighted by Gasteiger charge is 2.12. The van der Waals surface area contributed by atoms with Crippen LogP contribution in [0.1, 0.15) is 17.0 Å². The van der Waals surface area contributed by atoms with Gasteiger partial charge in [-0.15, -0.1) is 10.2 Å².